The molecule has 1 aromatic carbocycles. The van der Waals surface area contributed by atoms with Crippen molar-refractivity contribution in [2.75, 3.05) is 0 Å². The summed E-state index contributed by atoms with van der Waals surface area (Å²) in [6.07, 6.45) is 4.12. The quantitative estimate of drug-likeness (QED) is 0.786. The minimum atomic E-state index is -3.46. The van der Waals surface area contributed by atoms with Gasteiger partial charge in [-0.2, -0.15) is 0 Å². The van der Waals surface area contributed by atoms with Gasteiger partial charge in [0.1, 0.15) is 6.33 Å². The Morgan fingerprint density at radius 1 is 1.20 bits per heavy atom. The number of hydrogen-bond acceptors (Lipinski definition) is 3. The van der Waals surface area contributed by atoms with Crippen molar-refractivity contribution < 1.29 is 8.42 Å². The number of nitrogens with zero attached hydrogens (tertiary/aromatic N) is 2. The van der Waals surface area contributed by atoms with Gasteiger partial charge in [0.05, 0.1) is 4.90 Å². The van der Waals surface area contributed by atoms with Gasteiger partial charge in [-0.3, -0.25) is 0 Å². The third kappa shape index (κ3) is 2.05. The summed E-state index contributed by atoms with van der Waals surface area (Å²) in [5.74, 6) is 0. The van der Waals surface area contributed by atoms with Crippen molar-refractivity contribution in [1.82, 2.24) is 8.96 Å². The van der Waals surface area contributed by atoms with Crippen LogP contribution < -0.4 is 0 Å². The van der Waals surface area contributed by atoms with E-state index in [1.807, 2.05) is 0 Å². The van der Waals surface area contributed by atoms with Crippen LogP contribution in [-0.4, -0.2) is 17.4 Å². The fourth-order valence-corrected chi connectivity index (χ4v) is 2.59. The van der Waals surface area contributed by atoms with E-state index < -0.39 is 10.0 Å². The molecule has 0 unspecified atom stereocenters. The van der Waals surface area contributed by atoms with E-state index in [0.29, 0.717) is 0 Å². The van der Waals surface area contributed by atoms with Crippen LogP contribution in [-0.2, 0) is 10.0 Å². The first kappa shape index (κ1) is 10.6. The molecule has 0 N–H and O–H groups in total. The monoisotopic (exact) mass is 334 g/mol. The average molecular weight is 334 g/mol. The maximum atomic E-state index is 11.9. The fraction of sp³-hybridized carbons (Fsp3) is 0. The first-order valence-electron chi connectivity index (χ1n) is 4.10. The molecule has 78 valence electrons. The summed E-state index contributed by atoms with van der Waals surface area (Å²) in [5.41, 5.74) is 0. The lowest BCUT2D eigenvalue weighted by atomic mass is 10.4. The Labute approximate surface area is 101 Å². The molecule has 0 saturated heterocycles. The zero-order chi connectivity index (χ0) is 10.9. The molecule has 2 rings (SSSR count). The lowest BCUT2D eigenvalue weighted by Crippen LogP contribution is -2.10. The summed E-state index contributed by atoms with van der Waals surface area (Å²) < 4.78 is 25.9. The van der Waals surface area contributed by atoms with Crippen LogP contribution in [0.15, 0.2) is 47.9 Å². The van der Waals surface area contributed by atoms with Crippen LogP contribution in [0.5, 0.6) is 0 Å². The summed E-state index contributed by atoms with van der Waals surface area (Å²) in [6, 6.07) is 6.67. The van der Waals surface area contributed by atoms with Crippen molar-refractivity contribution >= 4 is 32.6 Å². The Kier molecular flexibility index (Phi) is 2.79. The van der Waals surface area contributed by atoms with Gasteiger partial charge in [0, 0.05) is 16.0 Å². The predicted octanol–water partition coefficient (Wildman–Crippen LogP) is 1.72. The molecule has 0 bridgehead atoms. The van der Waals surface area contributed by atoms with Gasteiger partial charge in [-0.15, -0.1) is 0 Å². The van der Waals surface area contributed by atoms with Crippen LogP contribution in [0.25, 0.3) is 0 Å². The van der Waals surface area contributed by atoms with Crippen molar-refractivity contribution in [3.63, 3.8) is 0 Å². The third-order valence-electron chi connectivity index (χ3n) is 1.87. The van der Waals surface area contributed by atoms with Crippen LogP contribution >= 0.6 is 22.6 Å². The van der Waals surface area contributed by atoms with Gasteiger partial charge in [-0.05, 0) is 46.9 Å². The molecule has 0 saturated carbocycles. The van der Waals surface area contributed by atoms with Crippen LogP contribution in [0.4, 0.5) is 0 Å². The van der Waals surface area contributed by atoms with Crippen molar-refractivity contribution in [2.24, 2.45) is 0 Å². The van der Waals surface area contributed by atoms with Crippen molar-refractivity contribution in [3.05, 3.63) is 46.6 Å². The summed E-state index contributed by atoms with van der Waals surface area (Å²) in [7, 11) is -3.46. The zero-order valence-electron chi connectivity index (χ0n) is 7.54. The Balaban J connectivity index is 2.52. The molecule has 2 aromatic rings. The third-order valence-corrected chi connectivity index (χ3v) is 4.23. The van der Waals surface area contributed by atoms with E-state index in [-0.39, 0.29) is 4.90 Å². The van der Waals surface area contributed by atoms with E-state index in [2.05, 4.69) is 27.6 Å². The molecule has 0 spiro atoms. The van der Waals surface area contributed by atoms with Crippen molar-refractivity contribution in [2.45, 2.75) is 4.90 Å². The van der Waals surface area contributed by atoms with Gasteiger partial charge < -0.3 is 0 Å². The normalized spacial score (nSPS) is 11.5. The number of hydrogen-bond donors (Lipinski definition) is 0. The zero-order valence-corrected chi connectivity index (χ0v) is 10.5. The van der Waals surface area contributed by atoms with Crippen LogP contribution in [0.2, 0.25) is 0 Å². The lowest BCUT2D eigenvalue weighted by Gasteiger charge is -2.04. The molecule has 0 radical (unpaired) electrons. The molecule has 1 heterocycles. The molecule has 6 heteroatoms. The topological polar surface area (TPSA) is 52.0 Å². The molecular weight excluding hydrogens is 327 g/mol. The Morgan fingerprint density at radius 3 is 2.40 bits per heavy atom. The second-order valence-electron chi connectivity index (χ2n) is 2.85. The van der Waals surface area contributed by atoms with Crippen LogP contribution in [0.3, 0.4) is 0 Å². The molecular formula is C9H7IN2O2S. The van der Waals surface area contributed by atoms with E-state index in [1.54, 1.807) is 24.3 Å². The molecule has 4 nitrogen and oxygen atoms in total. The van der Waals surface area contributed by atoms with Crippen molar-refractivity contribution in [3.8, 4) is 0 Å². The highest BCUT2D eigenvalue weighted by Gasteiger charge is 2.15. The van der Waals surface area contributed by atoms with E-state index in [1.165, 1.54) is 18.7 Å². The first-order valence-corrected chi connectivity index (χ1v) is 6.62. The standard InChI is InChI=1S/C9H7IN2O2S/c10-8-1-3-9(4-2-8)15(13,14)12-6-5-11-7-12/h1-7H. The van der Waals surface area contributed by atoms with Gasteiger partial charge in [0.2, 0.25) is 0 Å². The summed E-state index contributed by atoms with van der Waals surface area (Å²) in [6.45, 7) is 0. The van der Waals surface area contributed by atoms with Crippen LogP contribution in [0, 0.1) is 3.57 Å². The Hall–Kier alpha value is -0.890. The maximum Gasteiger partial charge on any atom is 0.268 e. The molecule has 0 fully saturated rings. The number of aromatic nitrogens is 2. The number of rotatable bonds is 2. The summed E-state index contributed by atoms with van der Waals surface area (Å²) in [5, 5.41) is 0. The summed E-state index contributed by atoms with van der Waals surface area (Å²) in [4.78, 5) is 3.98. The fourth-order valence-electron chi connectivity index (χ4n) is 1.12. The summed E-state index contributed by atoms with van der Waals surface area (Å²) >= 11 is 2.12. The molecule has 15 heavy (non-hydrogen) atoms. The Bertz CT molecular complexity index is 546. The molecule has 0 aliphatic carbocycles. The Morgan fingerprint density at radius 2 is 1.87 bits per heavy atom. The molecule has 0 aliphatic heterocycles. The van der Waals surface area contributed by atoms with E-state index >= 15 is 0 Å². The smallest absolute Gasteiger partial charge is 0.244 e. The minimum absolute atomic E-state index is 0.265. The highest BCUT2D eigenvalue weighted by Crippen LogP contribution is 2.14. The van der Waals surface area contributed by atoms with E-state index in [9.17, 15) is 8.42 Å². The molecule has 0 atom stereocenters. The lowest BCUT2D eigenvalue weighted by molar-refractivity contribution is 0.587. The molecule has 0 aliphatic rings. The van der Waals surface area contributed by atoms with Gasteiger partial charge >= 0.3 is 0 Å². The number of benzene rings is 1. The number of imidazole rings is 1. The van der Waals surface area contributed by atoms with Gasteiger partial charge in [0.15, 0.2) is 0 Å². The maximum absolute atomic E-state index is 11.9. The van der Waals surface area contributed by atoms with Crippen molar-refractivity contribution in [1.29, 1.82) is 0 Å². The first-order chi connectivity index (χ1) is 7.10. The van der Waals surface area contributed by atoms with E-state index in [4.69, 9.17) is 0 Å². The average Bonchev–Trinajstić information content (AvgIpc) is 2.71. The SMILES string of the molecule is O=S(=O)(c1ccc(I)cc1)n1ccnc1. The predicted molar refractivity (Wildman–Crippen MR) is 64.0 cm³/mol. The van der Waals surface area contributed by atoms with Gasteiger partial charge in [-0.25, -0.2) is 17.4 Å². The number of halogens is 1. The largest absolute Gasteiger partial charge is 0.268 e. The van der Waals surface area contributed by atoms with Gasteiger partial charge in [-0.1, -0.05) is 0 Å². The highest BCUT2D eigenvalue weighted by atomic mass is 127. The van der Waals surface area contributed by atoms with Gasteiger partial charge in [0.25, 0.3) is 10.0 Å². The molecule has 0 amide bonds. The highest BCUT2D eigenvalue weighted by molar-refractivity contribution is 14.1. The van der Waals surface area contributed by atoms with Crippen LogP contribution in [0.1, 0.15) is 0 Å². The molecule has 1 aromatic heterocycles. The minimum Gasteiger partial charge on any atom is -0.244 e. The second-order valence-corrected chi connectivity index (χ2v) is 5.94. The second kappa shape index (κ2) is 3.93. The van der Waals surface area contributed by atoms with E-state index in [0.717, 1.165) is 7.54 Å².